The highest BCUT2D eigenvalue weighted by Crippen LogP contribution is 2.32. The van der Waals surface area contributed by atoms with Gasteiger partial charge in [-0.1, -0.05) is 85.4 Å². The predicted octanol–water partition coefficient (Wildman–Crippen LogP) is 6.82. The van der Waals surface area contributed by atoms with Crippen molar-refractivity contribution < 1.29 is 43.2 Å². The van der Waals surface area contributed by atoms with Gasteiger partial charge in [-0.2, -0.15) is 20.5 Å². The third-order valence-corrected chi connectivity index (χ3v) is 16.1. The van der Waals surface area contributed by atoms with Gasteiger partial charge in [0.2, 0.25) is 17.8 Å². The topological polar surface area (TPSA) is 292 Å². The molecule has 25 heteroatoms. The van der Waals surface area contributed by atoms with Gasteiger partial charge in [0.05, 0.1) is 82.0 Å². The first-order valence-electron chi connectivity index (χ1n) is 30.4. The summed E-state index contributed by atoms with van der Waals surface area (Å²) in [7, 11) is 1.59. The Morgan fingerprint density at radius 1 is 0.626 bits per heavy atom. The van der Waals surface area contributed by atoms with Crippen molar-refractivity contribution in [3.63, 3.8) is 0 Å². The van der Waals surface area contributed by atoms with Gasteiger partial charge in [0.15, 0.2) is 0 Å². The number of aromatic hydroxyl groups is 1. The lowest BCUT2D eigenvalue weighted by atomic mass is 10.1. The van der Waals surface area contributed by atoms with E-state index in [0.717, 1.165) is 66.4 Å². The maximum absolute atomic E-state index is 13.8. The Hall–Kier alpha value is -10.2. The molecule has 2 aromatic heterocycles. The summed E-state index contributed by atoms with van der Waals surface area (Å²) in [6.45, 7) is 14.9. The molecule has 4 amide bonds. The molecule has 6 heterocycles. The summed E-state index contributed by atoms with van der Waals surface area (Å²) in [5.41, 5.74) is 2.26. The van der Waals surface area contributed by atoms with Crippen molar-refractivity contribution in [2.24, 2.45) is 0 Å². The molecule has 472 valence electrons. The van der Waals surface area contributed by atoms with Crippen molar-refractivity contribution in [1.29, 1.82) is 10.5 Å². The number of carbonyl (C=O) groups is 4. The number of rotatable bonds is 20. The minimum absolute atomic E-state index is 0.0355. The fourth-order valence-electron chi connectivity index (χ4n) is 11.3. The van der Waals surface area contributed by atoms with E-state index < -0.39 is 23.9 Å². The Morgan fingerprint density at radius 2 is 1.12 bits per heavy atom. The molecule has 5 N–H and O–H groups in total. The van der Waals surface area contributed by atoms with Crippen molar-refractivity contribution in [1.82, 2.24) is 39.5 Å². The SMILES string of the molecule is C=CC(=O)N1CCN(c2cc(C(=O)Nc3cc(O)cc4ccccc34)nc(NCCN3CCOCC3)n2)C[C@@H]1CC#N.COc1cc(NC(=O)c2cc(N3CCN(C(=O)OCc4ccccc4)[C@@H](CC#N)C3)nc(NCCN3CCOCC3)n2)c2ccccc2c1. The lowest BCUT2D eigenvalue weighted by Crippen LogP contribution is -2.55. The number of hydrogen-bond donors (Lipinski definition) is 5. The normalized spacial score (nSPS) is 17.0. The molecular formula is C66H74N16O9. The molecule has 4 aliphatic heterocycles. The summed E-state index contributed by atoms with van der Waals surface area (Å²) < 4.78 is 22.0. The van der Waals surface area contributed by atoms with Crippen LogP contribution in [0, 0.1) is 22.7 Å². The summed E-state index contributed by atoms with van der Waals surface area (Å²) in [4.78, 5) is 83.3. The average molecular weight is 1240 g/mol. The molecule has 0 radical (unpaired) electrons. The maximum atomic E-state index is 13.8. The molecule has 7 aromatic rings. The van der Waals surface area contributed by atoms with E-state index in [0.29, 0.717) is 119 Å². The Kier molecular flexibility index (Phi) is 22.0. The molecule has 4 fully saturated rings. The predicted molar refractivity (Wildman–Crippen MR) is 345 cm³/mol. The number of methoxy groups -OCH3 is 1. The number of nitrogens with zero attached hydrogens (tertiary/aromatic N) is 12. The largest absolute Gasteiger partial charge is 0.508 e. The number of piperazine rings is 2. The van der Waals surface area contributed by atoms with E-state index in [1.807, 2.05) is 94.7 Å². The molecule has 4 saturated heterocycles. The van der Waals surface area contributed by atoms with Crippen molar-refractivity contribution in [3.8, 4) is 23.6 Å². The number of ether oxygens (including phenoxy) is 4. The molecule has 91 heavy (non-hydrogen) atoms. The van der Waals surface area contributed by atoms with Gasteiger partial charge in [-0.25, -0.2) is 14.8 Å². The molecular weight excluding hydrogens is 1160 g/mol. The van der Waals surface area contributed by atoms with Crippen LogP contribution >= 0.6 is 0 Å². The highest BCUT2D eigenvalue weighted by atomic mass is 16.6. The molecule has 0 aliphatic carbocycles. The number of hydrogen-bond acceptors (Lipinski definition) is 21. The van der Waals surface area contributed by atoms with Crippen molar-refractivity contribution in [2.75, 3.05) is 156 Å². The van der Waals surface area contributed by atoms with Crippen LogP contribution in [0.25, 0.3) is 21.5 Å². The Morgan fingerprint density at radius 3 is 1.65 bits per heavy atom. The maximum Gasteiger partial charge on any atom is 0.410 e. The van der Waals surface area contributed by atoms with E-state index in [1.54, 1.807) is 41.2 Å². The molecule has 25 nitrogen and oxygen atoms in total. The van der Waals surface area contributed by atoms with E-state index in [-0.39, 0.29) is 48.5 Å². The first-order chi connectivity index (χ1) is 44.4. The molecule has 0 unspecified atom stereocenters. The van der Waals surface area contributed by atoms with Crippen LogP contribution in [0.5, 0.6) is 11.5 Å². The molecule has 2 atom stereocenters. The van der Waals surface area contributed by atoms with Gasteiger partial charge in [-0.15, -0.1) is 0 Å². The third-order valence-electron chi connectivity index (χ3n) is 16.1. The summed E-state index contributed by atoms with van der Waals surface area (Å²) in [6.07, 6.45) is 1.06. The average Bonchev–Trinajstić information content (AvgIpc) is 3.38. The zero-order valence-electron chi connectivity index (χ0n) is 50.8. The zero-order chi connectivity index (χ0) is 63.5. The minimum atomic E-state index is -0.470. The monoisotopic (exact) mass is 1230 g/mol. The van der Waals surface area contributed by atoms with Gasteiger partial charge in [0.25, 0.3) is 11.8 Å². The summed E-state index contributed by atoms with van der Waals surface area (Å²) >= 11 is 0. The van der Waals surface area contributed by atoms with Crippen LogP contribution < -0.4 is 35.8 Å². The number of benzene rings is 5. The highest BCUT2D eigenvalue weighted by Gasteiger charge is 2.34. The van der Waals surface area contributed by atoms with Gasteiger partial charge >= 0.3 is 6.09 Å². The first kappa shape index (κ1) is 63.8. The van der Waals surface area contributed by atoms with E-state index in [2.05, 4.69) is 59.8 Å². The Labute approximate surface area is 527 Å². The fraction of sp³-hybridized carbons (Fsp3) is 0.364. The van der Waals surface area contributed by atoms with E-state index in [1.165, 1.54) is 12.1 Å². The molecule has 11 rings (SSSR count). The summed E-state index contributed by atoms with van der Waals surface area (Å²) in [5, 5.41) is 45.1. The number of anilines is 6. The number of aromatic nitrogens is 4. The highest BCUT2D eigenvalue weighted by molar-refractivity contribution is 6.10. The number of amides is 4. The number of fused-ring (bicyclic) bond motifs is 2. The van der Waals surface area contributed by atoms with E-state index in [4.69, 9.17) is 28.9 Å². The van der Waals surface area contributed by atoms with Gasteiger partial charge in [-0.05, 0) is 34.5 Å². The fourth-order valence-corrected chi connectivity index (χ4v) is 11.3. The molecule has 0 spiro atoms. The second-order valence-corrected chi connectivity index (χ2v) is 22.0. The summed E-state index contributed by atoms with van der Waals surface area (Å²) in [5.74, 6) is 1.21. The van der Waals surface area contributed by atoms with E-state index in [9.17, 15) is 34.8 Å². The van der Waals surface area contributed by atoms with Crippen molar-refractivity contribution >= 4 is 80.3 Å². The van der Waals surface area contributed by atoms with Crippen LogP contribution in [0.4, 0.5) is 39.7 Å². The standard InChI is InChI=1S/C36H40N8O5.C30H34N8O4/c1-47-29-21-27-9-5-6-10-30(27)31(22-29)39-34(45)32-23-33(41-35(40-32)38-13-14-42-17-19-48-20-18-42)43-15-16-44(28(24-43)11-12-37)36(46)49-25-26-7-3-2-4-8-26;1-2-28(40)38-12-11-37(20-22(38)7-8-31)27-19-26(34-30(35-27)32-9-10-36-13-15-42-16-14-36)29(41)33-25-18-23(39)17-21-5-3-4-6-24(21)25/h2-10,21-23,28H,11,13-20,24-25H2,1H3,(H,39,45)(H,38,40,41);2-6,17-19,22,39H,1,7,9-16,20H2,(H,33,41)(H,32,34,35)/t28-;22-/m00/s1. The lowest BCUT2D eigenvalue weighted by Gasteiger charge is -2.40. The minimum Gasteiger partial charge on any atom is -0.508 e. The third kappa shape index (κ3) is 17.0. The van der Waals surface area contributed by atoms with Crippen LogP contribution in [-0.4, -0.2) is 206 Å². The second-order valence-electron chi connectivity index (χ2n) is 22.0. The second kappa shape index (κ2) is 31.3. The zero-order valence-corrected chi connectivity index (χ0v) is 50.8. The number of nitrogens with one attached hydrogen (secondary N) is 4. The first-order valence-corrected chi connectivity index (χ1v) is 30.4. The molecule has 5 aromatic carbocycles. The number of morpholine rings is 2. The van der Waals surface area contributed by atoms with Crippen LogP contribution in [0.2, 0.25) is 0 Å². The van der Waals surface area contributed by atoms with Gasteiger partial charge in [-0.3, -0.25) is 24.2 Å². The van der Waals surface area contributed by atoms with Gasteiger partial charge < -0.3 is 64.9 Å². The lowest BCUT2D eigenvalue weighted by molar-refractivity contribution is -0.128. The quantitative estimate of drug-likeness (QED) is 0.0489. The van der Waals surface area contributed by atoms with E-state index >= 15 is 0 Å². The number of phenolic OH excluding ortho intramolecular Hbond substituents is 1. The smallest absolute Gasteiger partial charge is 0.410 e. The van der Waals surface area contributed by atoms with Gasteiger partial charge in [0, 0.05) is 127 Å². The number of phenols is 1. The van der Waals surface area contributed by atoms with Gasteiger partial charge in [0.1, 0.15) is 41.1 Å². The van der Waals surface area contributed by atoms with Crippen molar-refractivity contribution in [2.45, 2.75) is 31.5 Å². The van der Waals surface area contributed by atoms with Crippen molar-refractivity contribution in [3.05, 3.63) is 145 Å². The van der Waals surface area contributed by atoms with Crippen LogP contribution in [0.3, 0.4) is 0 Å². The molecule has 4 aliphatic rings. The summed E-state index contributed by atoms with van der Waals surface area (Å²) in [6, 6.07) is 38.4. The Bertz CT molecular complexity index is 3780. The Balaban J connectivity index is 0.000000202. The number of carbonyl (C=O) groups excluding carboxylic acids is 4. The van der Waals surface area contributed by atoms with Crippen LogP contribution in [0.1, 0.15) is 39.4 Å². The number of nitriles is 2. The molecule has 0 bridgehead atoms. The molecule has 0 saturated carbocycles. The van der Waals surface area contributed by atoms with Crippen LogP contribution in [0.15, 0.2) is 128 Å². The van der Waals surface area contributed by atoms with Crippen LogP contribution in [-0.2, 0) is 25.6 Å².